The molecule has 0 spiro atoms. The van der Waals surface area contributed by atoms with E-state index in [0.717, 1.165) is 31.6 Å². The Balaban J connectivity index is 1.47. The van der Waals surface area contributed by atoms with Crippen molar-refractivity contribution in [1.29, 1.82) is 0 Å². The quantitative estimate of drug-likeness (QED) is 0.314. The number of sulfonamides is 1. The van der Waals surface area contributed by atoms with Crippen LogP contribution in [0.25, 0.3) is 20.8 Å². The molecule has 4 aromatic rings. The molecule has 0 saturated heterocycles. The Kier molecular flexibility index (Phi) is 5.68. The fourth-order valence-corrected chi connectivity index (χ4v) is 5.12. The van der Waals surface area contributed by atoms with Crippen LogP contribution in [0.1, 0.15) is 5.56 Å². The maximum absolute atomic E-state index is 12.3. The van der Waals surface area contributed by atoms with Gasteiger partial charge in [-0.1, -0.05) is 30.7 Å². The van der Waals surface area contributed by atoms with Crippen LogP contribution in [0.15, 0.2) is 77.7 Å². The highest BCUT2D eigenvalue weighted by Gasteiger charge is 2.18. The first kappa shape index (κ1) is 20.9. The summed E-state index contributed by atoms with van der Waals surface area (Å²) in [7, 11) is -0.289. The minimum Gasteiger partial charge on any atom is -0.370 e. The van der Waals surface area contributed by atoms with Crippen molar-refractivity contribution in [3.63, 3.8) is 0 Å². The number of hydrogen-bond donors (Lipinski definition) is 0. The Morgan fingerprint density at radius 1 is 0.968 bits per heavy atom. The van der Waals surface area contributed by atoms with Gasteiger partial charge in [0.05, 0.1) is 15.1 Å². The third-order valence-corrected chi connectivity index (χ3v) is 7.81. The van der Waals surface area contributed by atoms with Crippen molar-refractivity contribution >= 4 is 37.3 Å². The largest absolute Gasteiger partial charge is 0.370 e. The molecule has 0 bridgehead atoms. The van der Waals surface area contributed by atoms with E-state index in [-0.39, 0.29) is 4.90 Å². The Labute approximate surface area is 186 Å². The molecule has 0 aliphatic heterocycles. The topological polar surface area (TPSA) is 53.5 Å². The molecule has 0 aliphatic carbocycles. The molecule has 0 unspecified atom stereocenters. The zero-order valence-corrected chi connectivity index (χ0v) is 18.8. The highest BCUT2D eigenvalue weighted by molar-refractivity contribution is 7.89. The molecule has 0 N–H and O–H groups in total. The Morgan fingerprint density at radius 2 is 1.65 bits per heavy atom. The van der Waals surface area contributed by atoms with Gasteiger partial charge in [0, 0.05) is 37.9 Å². The van der Waals surface area contributed by atoms with E-state index in [1.165, 1.54) is 11.7 Å². The van der Waals surface area contributed by atoms with Gasteiger partial charge in [0.1, 0.15) is 5.01 Å². The zero-order chi connectivity index (χ0) is 22.0. The predicted molar refractivity (Wildman–Crippen MR) is 127 cm³/mol. The van der Waals surface area contributed by atoms with Crippen LogP contribution < -0.4 is 4.90 Å². The van der Waals surface area contributed by atoms with Crippen LogP contribution in [-0.2, 0) is 16.6 Å². The van der Waals surface area contributed by atoms with Gasteiger partial charge in [0.15, 0.2) is 0 Å². The Hall–Kier alpha value is -3.34. The van der Waals surface area contributed by atoms with Crippen molar-refractivity contribution < 1.29 is 8.42 Å². The molecular formula is C24H21N3O2S2. The second-order valence-corrected chi connectivity index (χ2v) is 10.1. The zero-order valence-electron chi connectivity index (χ0n) is 17.2. The van der Waals surface area contributed by atoms with Gasteiger partial charge in [-0.25, -0.2) is 17.7 Å². The van der Waals surface area contributed by atoms with E-state index in [0.29, 0.717) is 6.54 Å². The van der Waals surface area contributed by atoms with Crippen LogP contribution in [-0.4, -0.2) is 31.8 Å². The van der Waals surface area contributed by atoms with Gasteiger partial charge in [-0.15, -0.1) is 11.3 Å². The number of hydrogen-bond acceptors (Lipinski definition) is 5. The summed E-state index contributed by atoms with van der Waals surface area (Å²) >= 11 is 1.68. The van der Waals surface area contributed by atoms with Crippen LogP contribution in [0.5, 0.6) is 0 Å². The van der Waals surface area contributed by atoms with Crippen LogP contribution in [0.2, 0.25) is 0 Å². The molecule has 0 atom stereocenters. The molecular weight excluding hydrogens is 426 g/mol. The fourth-order valence-electron chi connectivity index (χ4n) is 3.21. The normalized spacial score (nSPS) is 11.3. The van der Waals surface area contributed by atoms with E-state index in [9.17, 15) is 8.42 Å². The molecule has 31 heavy (non-hydrogen) atoms. The van der Waals surface area contributed by atoms with Crippen molar-refractivity contribution in [1.82, 2.24) is 9.29 Å². The molecule has 7 heteroatoms. The molecule has 0 aliphatic rings. The first-order valence-corrected chi connectivity index (χ1v) is 11.9. The average molecular weight is 448 g/mol. The minimum atomic E-state index is -3.65. The highest BCUT2D eigenvalue weighted by Crippen LogP contribution is 2.31. The van der Waals surface area contributed by atoms with Crippen LogP contribution in [0.4, 0.5) is 5.69 Å². The van der Waals surface area contributed by atoms with Crippen molar-refractivity contribution in [2.24, 2.45) is 0 Å². The van der Waals surface area contributed by atoms with E-state index in [1.54, 1.807) is 23.5 Å². The smallest absolute Gasteiger partial charge is 0.270 e. The predicted octanol–water partition coefficient (Wildman–Crippen LogP) is 4.81. The van der Waals surface area contributed by atoms with Gasteiger partial charge in [-0.05, 0) is 54.1 Å². The average Bonchev–Trinajstić information content (AvgIpc) is 3.23. The molecule has 0 amide bonds. The number of thiazole rings is 1. The van der Waals surface area contributed by atoms with Crippen molar-refractivity contribution in [3.05, 3.63) is 78.4 Å². The molecule has 0 saturated carbocycles. The lowest BCUT2D eigenvalue weighted by Gasteiger charge is -2.20. The van der Waals surface area contributed by atoms with Crippen molar-refractivity contribution in [2.45, 2.75) is 11.4 Å². The third-order valence-electron chi connectivity index (χ3n) is 5.03. The van der Waals surface area contributed by atoms with E-state index in [2.05, 4.69) is 41.3 Å². The van der Waals surface area contributed by atoms with E-state index >= 15 is 0 Å². The lowest BCUT2D eigenvalue weighted by atomic mass is 10.1. The summed E-state index contributed by atoms with van der Waals surface area (Å²) in [5, 5.41) is 1.00. The van der Waals surface area contributed by atoms with Gasteiger partial charge in [-0.2, -0.15) is 0 Å². The lowest BCUT2D eigenvalue weighted by Crippen LogP contribution is -2.22. The molecule has 1 aromatic heterocycles. The molecule has 5 nitrogen and oxygen atoms in total. The summed E-state index contributed by atoms with van der Waals surface area (Å²) in [5.74, 6) is 0. The standard InChI is InChI=1S/C24H21N3O2S2/c1-4-27(3)31(28,29)21-15-9-18(10-16-21)17-26(2)20-13-11-19(12-14-20)24-25-22-7-5-6-8-23(22)30-24/h1,5-16H,17H2,2-3H3. The number of benzene rings is 3. The van der Waals surface area contributed by atoms with E-state index in [1.807, 2.05) is 37.4 Å². The van der Waals surface area contributed by atoms with Crippen molar-refractivity contribution in [2.75, 3.05) is 19.0 Å². The maximum atomic E-state index is 12.3. The summed E-state index contributed by atoms with van der Waals surface area (Å²) in [6.45, 7) is 0.645. The number of nitrogens with zero attached hydrogens (tertiary/aromatic N) is 3. The first-order chi connectivity index (χ1) is 14.9. The van der Waals surface area contributed by atoms with Gasteiger partial charge >= 0.3 is 0 Å². The van der Waals surface area contributed by atoms with Gasteiger partial charge in [0.2, 0.25) is 0 Å². The summed E-state index contributed by atoms with van der Waals surface area (Å²) in [5.41, 5.74) is 4.17. The third kappa shape index (κ3) is 4.26. The molecule has 0 fully saturated rings. The minimum absolute atomic E-state index is 0.180. The number of anilines is 1. The summed E-state index contributed by atoms with van der Waals surface area (Å²) in [6.07, 6.45) is 5.21. The SMILES string of the molecule is C#CN(C)S(=O)(=O)c1ccc(CN(C)c2ccc(-c3nc4ccccc4s3)cc2)cc1. The van der Waals surface area contributed by atoms with Crippen molar-refractivity contribution in [3.8, 4) is 23.0 Å². The molecule has 1 heterocycles. The van der Waals surface area contributed by atoms with E-state index < -0.39 is 10.0 Å². The molecule has 3 aromatic carbocycles. The molecule has 4 rings (SSSR count). The van der Waals surface area contributed by atoms with Gasteiger partial charge in [-0.3, -0.25) is 0 Å². The van der Waals surface area contributed by atoms with Gasteiger partial charge < -0.3 is 4.90 Å². The highest BCUT2D eigenvalue weighted by atomic mass is 32.2. The number of aromatic nitrogens is 1. The number of terminal acetylenes is 1. The first-order valence-electron chi connectivity index (χ1n) is 9.60. The monoisotopic (exact) mass is 447 g/mol. The van der Waals surface area contributed by atoms with Crippen LogP contribution in [0, 0.1) is 12.5 Å². The molecule has 156 valence electrons. The number of rotatable bonds is 6. The summed E-state index contributed by atoms with van der Waals surface area (Å²) in [6, 6.07) is 25.4. The second-order valence-electron chi connectivity index (χ2n) is 7.14. The Morgan fingerprint density at radius 3 is 2.29 bits per heavy atom. The summed E-state index contributed by atoms with van der Waals surface area (Å²) < 4.78 is 26.6. The van der Waals surface area contributed by atoms with Gasteiger partial charge in [0.25, 0.3) is 10.0 Å². The fraction of sp³-hybridized carbons (Fsp3) is 0.125. The summed E-state index contributed by atoms with van der Waals surface area (Å²) in [4.78, 5) is 7.00. The molecule has 0 radical (unpaired) electrons. The Bertz CT molecular complexity index is 1320. The van der Waals surface area contributed by atoms with Crippen LogP contribution >= 0.6 is 11.3 Å². The number of fused-ring (bicyclic) bond motifs is 1. The van der Waals surface area contributed by atoms with Crippen LogP contribution in [0.3, 0.4) is 0 Å². The lowest BCUT2D eigenvalue weighted by molar-refractivity contribution is 0.547. The second kappa shape index (κ2) is 8.42. The number of para-hydroxylation sites is 1. The maximum Gasteiger partial charge on any atom is 0.270 e. The van der Waals surface area contributed by atoms with E-state index in [4.69, 9.17) is 11.4 Å².